The zero-order valence-electron chi connectivity index (χ0n) is 16.3. The number of nitrogens with one attached hydrogen (secondary N) is 1. The molecule has 1 N–H and O–H groups in total. The van der Waals surface area contributed by atoms with Gasteiger partial charge in [-0.1, -0.05) is 37.3 Å². The number of aromatic nitrogens is 2. The Bertz CT molecular complexity index is 741. The average Bonchev–Trinajstić information content (AvgIpc) is 2.71. The highest BCUT2D eigenvalue weighted by Gasteiger charge is 2.22. The van der Waals surface area contributed by atoms with E-state index >= 15 is 0 Å². The van der Waals surface area contributed by atoms with Crippen LogP contribution in [0.3, 0.4) is 0 Å². The molecule has 1 saturated heterocycles. The van der Waals surface area contributed by atoms with Gasteiger partial charge in [-0.15, -0.1) is 0 Å². The topological polar surface area (TPSA) is 61.4 Å². The van der Waals surface area contributed by atoms with Gasteiger partial charge in [0.25, 0.3) is 5.91 Å². The van der Waals surface area contributed by atoms with E-state index in [-0.39, 0.29) is 5.91 Å². The van der Waals surface area contributed by atoms with Crippen molar-refractivity contribution >= 4 is 11.9 Å². The molecule has 0 bridgehead atoms. The number of carbonyl (C=O) groups is 1. The molecular formula is C21H29N5O. The van der Waals surface area contributed by atoms with Gasteiger partial charge in [-0.25, -0.2) is 9.97 Å². The number of anilines is 1. The van der Waals surface area contributed by atoms with Crippen LogP contribution in [0.1, 0.15) is 35.1 Å². The summed E-state index contributed by atoms with van der Waals surface area (Å²) in [4.78, 5) is 26.0. The smallest absolute Gasteiger partial charge is 0.272 e. The fourth-order valence-electron chi connectivity index (χ4n) is 3.32. The molecular weight excluding hydrogens is 338 g/mol. The Labute approximate surface area is 161 Å². The SMILES string of the molecule is CCN1CCN(C(=O)c2cc(C)nc(NCCCc3ccccc3)n2)CC1. The van der Waals surface area contributed by atoms with Gasteiger partial charge in [0.1, 0.15) is 5.69 Å². The first-order chi connectivity index (χ1) is 13.2. The van der Waals surface area contributed by atoms with Gasteiger partial charge in [-0.3, -0.25) is 4.79 Å². The molecule has 6 heteroatoms. The van der Waals surface area contributed by atoms with Crippen molar-refractivity contribution in [3.8, 4) is 0 Å². The van der Waals surface area contributed by atoms with E-state index in [0.29, 0.717) is 11.6 Å². The highest BCUT2D eigenvalue weighted by atomic mass is 16.2. The van der Waals surface area contributed by atoms with Crippen molar-refractivity contribution in [3.05, 3.63) is 53.3 Å². The monoisotopic (exact) mass is 367 g/mol. The molecule has 1 aromatic heterocycles. The van der Waals surface area contributed by atoms with Crippen LogP contribution in [0.15, 0.2) is 36.4 Å². The van der Waals surface area contributed by atoms with Crippen LogP contribution in [-0.4, -0.2) is 64.9 Å². The molecule has 0 spiro atoms. The Balaban J connectivity index is 1.55. The lowest BCUT2D eigenvalue weighted by molar-refractivity contribution is 0.0637. The summed E-state index contributed by atoms with van der Waals surface area (Å²) in [7, 11) is 0. The summed E-state index contributed by atoms with van der Waals surface area (Å²) >= 11 is 0. The van der Waals surface area contributed by atoms with Gasteiger partial charge >= 0.3 is 0 Å². The Kier molecular flexibility index (Phi) is 6.76. The second kappa shape index (κ2) is 9.46. The second-order valence-electron chi connectivity index (χ2n) is 6.96. The molecule has 0 aliphatic carbocycles. The summed E-state index contributed by atoms with van der Waals surface area (Å²) < 4.78 is 0. The number of hydrogen-bond donors (Lipinski definition) is 1. The first kappa shape index (κ1) is 19.3. The molecule has 27 heavy (non-hydrogen) atoms. The Morgan fingerprint density at radius 2 is 1.85 bits per heavy atom. The lowest BCUT2D eigenvalue weighted by Gasteiger charge is -2.33. The first-order valence-electron chi connectivity index (χ1n) is 9.81. The van der Waals surface area contributed by atoms with Gasteiger partial charge in [0.15, 0.2) is 0 Å². The molecule has 2 aromatic rings. The summed E-state index contributed by atoms with van der Waals surface area (Å²) in [5, 5.41) is 3.27. The maximum absolute atomic E-state index is 12.8. The highest BCUT2D eigenvalue weighted by molar-refractivity contribution is 5.92. The number of rotatable bonds is 7. The fraction of sp³-hybridized carbons (Fsp3) is 0.476. The predicted octanol–water partition coefficient (Wildman–Crippen LogP) is 2.61. The number of aryl methyl sites for hydroxylation is 2. The van der Waals surface area contributed by atoms with Crippen LogP contribution in [0.4, 0.5) is 5.95 Å². The van der Waals surface area contributed by atoms with Crippen LogP contribution in [0.25, 0.3) is 0 Å². The van der Waals surface area contributed by atoms with E-state index in [0.717, 1.165) is 57.8 Å². The van der Waals surface area contributed by atoms with Crippen molar-refractivity contribution in [1.82, 2.24) is 19.8 Å². The number of likely N-dealkylation sites (N-methyl/N-ethyl adjacent to an activating group) is 1. The molecule has 3 rings (SSSR count). The molecule has 6 nitrogen and oxygen atoms in total. The molecule has 0 radical (unpaired) electrons. The number of carbonyl (C=O) groups excluding carboxylic acids is 1. The summed E-state index contributed by atoms with van der Waals surface area (Å²) in [5.41, 5.74) is 2.62. The molecule has 2 heterocycles. The molecule has 1 amide bonds. The molecule has 1 fully saturated rings. The minimum absolute atomic E-state index is 0.00332. The number of benzene rings is 1. The molecule has 1 aromatic carbocycles. The van der Waals surface area contributed by atoms with E-state index in [1.54, 1.807) is 6.07 Å². The van der Waals surface area contributed by atoms with Crippen molar-refractivity contribution in [1.29, 1.82) is 0 Å². The number of piperazine rings is 1. The first-order valence-corrected chi connectivity index (χ1v) is 9.81. The van der Waals surface area contributed by atoms with Gasteiger partial charge < -0.3 is 15.1 Å². The van der Waals surface area contributed by atoms with Gasteiger partial charge in [-0.2, -0.15) is 0 Å². The van der Waals surface area contributed by atoms with Crippen molar-refractivity contribution in [2.75, 3.05) is 44.6 Å². The molecule has 1 aliphatic rings. The Morgan fingerprint density at radius 1 is 1.11 bits per heavy atom. The third-order valence-corrected chi connectivity index (χ3v) is 4.95. The largest absolute Gasteiger partial charge is 0.354 e. The third-order valence-electron chi connectivity index (χ3n) is 4.95. The highest BCUT2D eigenvalue weighted by Crippen LogP contribution is 2.11. The quantitative estimate of drug-likeness (QED) is 0.762. The summed E-state index contributed by atoms with van der Waals surface area (Å²) in [5.74, 6) is 0.544. The summed E-state index contributed by atoms with van der Waals surface area (Å²) in [6.45, 7) is 9.25. The lowest BCUT2D eigenvalue weighted by atomic mass is 10.1. The molecule has 144 valence electrons. The predicted molar refractivity (Wildman–Crippen MR) is 108 cm³/mol. The normalized spacial score (nSPS) is 15.0. The van der Waals surface area contributed by atoms with Crippen LogP contribution >= 0.6 is 0 Å². The standard InChI is InChI=1S/C21H29N5O/c1-3-25-12-14-26(15-13-25)20(27)19-16-17(2)23-21(24-19)22-11-7-10-18-8-5-4-6-9-18/h4-6,8-9,16H,3,7,10-15H2,1-2H3,(H,22,23,24). The van der Waals surface area contributed by atoms with E-state index in [1.807, 2.05) is 17.9 Å². The van der Waals surface area contributed by atoms with E-state index in [9.17, 15) is 4.79 Å². The maximum Gasteiger partial charge on any atom is 0.272 e. The fourth-order valence-corrected chi connectivity index (χ4v) is 3.32. The Morgan fingerprint density at radius 3 is 2.56 bits per heavy atom. The minimum Gasteiger partial charge on any atom is -0.354 e. The van der Waals surface area contributed by atoms with E-state index < -0.39 is 0 Å². The van der Waals surface area contributed by atoms with Crippen molar-refractivity contribution in [3.63, 3.8) is 0 Å². The van der Waals surface area contributed by atoms with Gasteiger partial charge in [0, 0.05) is 38.4 Å². The zero-order valence-corrected chi connectivity index (χ0v) is 16.3. The van der Waals surface area contributed by atoms with Crippen LogP contribution in [0.5, 0.6) is 0 Å². The maximum atomic E-state index is 12.8. The van der Waals surface area contributed by atoms with Gasteiger partial charge in [-0.05, 0) is 37.9 Å². The molecule has 1 aliphatic heterocycles. The van der Waals surface area contributed by atoms with Crippen molar-refractivity contribution < 1.29 is 4.79 Å². The Hall–Kier alpha value is -2.47. The van der Waals surface area contributed by atoms with Crippen LogP contribution in [-0.2, 0) is 6.42 Å². The average molecular weight is 367 g/mol. The van der Waals surface area contributed by atoms with Crippen molar-refractivity contribution in [2.45, 2.75) is 26.7 Å². The van der Waals surface area contributed by atoms with Crippen LogP contribution in [0.2, 0.25) is 0 Å². The molecule has 0 saturated carbocycles. The summed E-state index contributed by atoms with van der Waals surface area (Å²) in [6.07, 6.45) is 2.00. The van der Waals surface area contributed by atoms with Gasteiger partial charge in [0.05, 0.1) is 0 Å². The third kappa shape index (κ3) is 5.50. The number of hydrogen-bond acceptors (Lipinski definition) is 5. The van der Waals surface area contributed by atoms with Crippen LogP contribution in [0, 0.1) is 6.92 Å². The van der Waals surface area contributed by atoms with E-state index in [1.165, 1.54) is 5.56 Å². The van der Waals surface area contributed by atoms with Gasteiger partial charge in [0.2, 0.25) is 5.95 Å². The second-order valence-corrected chi connectivity index (χ2v) is 6.96. The molecule has 0 unspecified atom stereocenters. The summed E-state index contributed by atoms with van der Waals surface area (Å²) in [6, 6.07) is 12.2. The number of amides is 1. The lowest BCUT2D eigenvalue weighted by Crippen LogP contribution is -2.48. The van der Waals surface area contributed by atoms with Crippen molar-refractivity contribution in [2.24, 2.45) is 0 Å². The van der Waals surface area contributed by atoms with Crippen LogP contribution < -0.4 is 5.32 Å². The number of nitrogens with zero attached hydrogens (tertiary/aromatic N) is 4. The molecule has 0 atom stereocenters. The van der Waals surface area contributed by atoms with E-state index in [4.69, 9.17) is 0 Å². The minimum atomic E-state index is 0.00332. The van der Waals surface area contributed by atoms with E-state index in [2.05, 4.69) is 51.4 Å². The zero-order chi connectivity index (χ0) is 19.1.